The van der Waals surface area contributed by atoms with Crippen LogP contribution in [0.1, 0.15) is 44.3 Å². The van der Waals surface area contributed by atoms with Crippen LogP contribution in [0.25, 0.3) is 0 Å². The minimum absolute atomic E-state index is 0. The predicted molar refractivity (Wildman–Crippen MR) is 119 cm³/mol. The number of thiazole rings is 1. The molecule has 0 spiro atoms. The number of aryl methyl sites for hydroxylation is 1. The van der Waals surface area contributed by atoms with Crippen molar-refractivity contribution in [2.45, 2.75) is 53.0 Å². The Hall–Kier alpha value is -0.410. The molecule has 1 fully saturated rings. The van der Waals surface area contributed by atoms with Gasteiger partial charge in [-0.25, -0.2) is 4.98 Å². The van der Waals surface area contributed by atoms with Gasteiger partial charge in [-0.3, -0.25) is 9.89 Å². The zero-order valence-corrected chi connectivity index (χ0v) is 19.2. The Morgan fingerprint density at radius 1 is 1.40 bits per heavy atom. The summed E-state index contributed by atoms with van der Waals surface area (Å²) in [5, 5.41) is 10.0. The molecule has 1 atom stereocenters. The number of aliphatic imine (C=N–C) groups is 1. The van der Waals surface area contributed by atoms with Crippen LogP contribution < -0.4 is 10.6 Å². The maximum Gasteiger partial charge on any atom is 0.191 e. The molecule has 0 aromatic carbocycles. The van der Waals surface area contributed by atoms with E-state index in [-0.39, 0.29) is 24.0 Å². The SMILES string of the molecule is CCNC(=NCC(C)N1CCC(C)CC1)NCCc1csc(C)n1.I. The van der Waals surface area contributed by atoms with E-state index in [1.54, 1.807) is 11.3 Å². The molecule has 2 rings (SSSR count). The molecule has 0 aliphatic carbocycles. The molecule has 1 saturated heterocycles. The van der Waals surface area contributed by atoms with Crippen LogP contribution in [0, 0.1) is 12.8 Å². The van der Waals surface area contributed by atoms with Crippen LogP contribution in [0.15, 0.2) is 10.4 Å². The van der Waals surface area contributed by atoms with Crippen molar-refractivity contribution >= 4 is 41.3 Å². The summed E-state index contributed by atoms with van der Waals surface area (Å²) < 4.78 is 0. The second-order valence-corrected chi connectivity index (χ2v) is 7.88. The van der Waals surface area contributed by atoms with Crippen molar-refractivity contribution in [3.8, 4) is 0 Å². The Labute approximate surface area is 174 Å². The molecule has 144 valence electrons. The van der Waals surface area contributed by atoms with Crippen molar-refractivity contribution in [3.05, 3.63) is 16.1 Å². The molecule has 0 amide bonds. The summed E-state index contributed by atoms with van der Waals surface area (Å²) in [6, 6.07) is 0.508. The van der Waals surface area contributed by atoms with E-state index < -0.39 is 0 Å². The number of nitrogens with one attached hydrogen (secondary N) is 2. The first kappa shape index (κ1) is 22.6. The lowest BCUT2D eigenvalue weighted by Crippen LogP contribution is -2.43. The van der Waals surface area contributed by atoms with Gasteiger partial charge < -0.3 is 10.6 Å². The largest absolute Gasteiger partial charge is 0.357 e. The van der Waals surface area contributed by atoms with Crippen LogP contribution in [0.5, 0.6) is 0 Å². The van der Waals surface area contributed by atoms with E-state index in [0.29, 0.717) is 6.04 Å². The predicted octanol–water partition coefficient (Wildman–Crippen LogP) is 3.29. The fourth-order valence-corrected chi connectivity index (χ4v) is 3.63. The Kier molecular flexibility index (Phi) is 10.9. The third-order valence-electron chi connectivity index (χ3n) is 4.64. The average Bonchev–Trinajstić information content (AvgIpc) is 2.98. The molecular weight excluding hydrogens is 445 g/mol. The van der Waals surface area contributed by atoms with Crippen molar-refractivity contribution in [1.29, 1.82) is 0 Å². The average molecular weight is 479 g/mol. The zero-order chi connectivity index (χ0) is 17.4. The Bertz CT molecular complexity index is 511. The van der Waals surface area contributed by atoms with Crippen LogP contribution in [0.2, 0.25) is 0 Å². The number of guanidine groups is 1. The Morgan fingerprint density at radius 3 is 2.72 bits per heavy atom. The van der Waals surface area contributed by atoms with Crippen LogP contribution in [-0.4, -0.2) is 54.6 Å². The molecule has 7 heteroatoms. The van der Waals surface area contributed by atoms with E-state index in [1.807, 2.05) is 0 Å². The highest BCUT2D eigenvalue weighted by Gasteiger charge is 2.19. The van der Waals surface area contributed by atoms with E-state index in [0.717, 1.165) is 48.6 Å². The highest BCUT2D eigenvalue weighted by atomic mass is 127. The summed E-state index contributed by atoms with van der Waals surface area (Å²) in [5.74, 6) is 1.80. The van der Waals surface area contributed by atoms with Crippen molar-refractivity contribution in [2.75, 3.05) is 32.7 Å². The van der Waals surface area contributed by atoms with E-state index in [1.165, 1.54) is 25.9 Å². The zero-order valence-electron chi connectivity index (χ0n) is 16.0. The smallest absolute Gasteiger partial charge is 0.191 e. The number of aromatic nitrogens is 1. The normalized spacial score (nSPS) is 17.8. The molecule has 2 heterocycles. The molecule has 1 aromatic rings. The number of rotatable bonds is 7. The molecule has 1 aliphatic rings. The topological polar surface area (TPSA) is 52.6 Å². The van der Waals surface area contributed by atoms with Crippen molar-refractivity contribution in [3.63, 3.8) is 0 Å². The summed E-state index contributed by atoms with van der Waals surface area (Å²) >= 11 is 1.71. The fourth-order valence-electron chi connectivity index (χ4n) is 2.98. The fraction of sp³-hybridized carbons (Fsp3) is 0.778. The Balaban J connectivity index is 0.00000312. The lowest BCUT2D eigenvalue weighted by Gasteiger charge is -2.34. The quantitative estimate of drug-likeness (QED) is 0.358. The third-order valence-corrected chi connectivity index (χ3v) is 5.46. The van der Waals surface area contributed by atoms with E-state index in [9.17, 15) is 0 Å². The van der Waals surface area contributed by atoms with E-state index >= 15 is 0 Å². The first-order valence-corrected chi connectivity index (χ1v) is 10.1. The molecule has 2 N–H and O–H groups in total. The summed E-state index contributed by atoms with van der Waals surface area (Å²) in [6.07, 6.45) is 3.58. The highest BCUT2D eigenvalue weighted by Crippen LogP contribution is 2.17. The number of likely N-dealkylation sites (tertiary alicyclic amines) is 1. The summed E-state index contributed by atoms with van der Waals surface area (Å²) in [4.78, 5) is 11.9. The number of hydrogen-bond donors (Lipinski definition) is 2. The van der Waals surface area contributed by atoms with Crippen LogP contribution in [0.3, 0.4) is 0 Å². The number of halogens is 1. The number of piperidine rings is 1. The molecular formula is C18H34IN5S. The second kappa shape index (κ2) is 12.1. The molecule has 1 unspecified atom stereocenters. The van der Waals surface area contributed by atoms with Gasteiger partial charge in [0.25, 0.3) is 0 Å². The minimum Gasteiger partial charge on any atom is -0.357 e. The van der Waals surface area contributed by atoms with Gasteiger partial charge in [0.1, 0.15) is 0 Å². The van der Waals surface area contributed by atoms with Crippen molar-refractivity contribution in [2.24, 2.45) is 10.9 Å². The van der Waals surface area contributed by atoms with E-state index in [4.69, 9.17) is 4.99 Å². The third kappa shape index (κ3) is 8.21. The van der Waals surface area contributed by atoms with Gasteiger partial charge in [-0.2, -0.15) is 0 Å². The summed E-state index contributed by atoms with van der Waals surface area (Å²) in [7, 11) is 0. The van der Waals surface area contributed by atoms with Gasteiger partial charge in [-0.15, -0.1) is 35.3 Å². The van der Waals surface area contributed by atoms with Gasteiger partial charge in [0, 0.05) is 30.9 Å². The lowest BCUT2D eigenvalue weighted by molar-refractivity contribution is 0.150. The Morgan fingerprint density at radius 2 is 2.12 bits per heavy atom. The monoisotopic (exact) mass is 479 g/mol. The van der Waals surface area contributed by atoms with Gasteiger partial charge in [-0.1, -0.05) is 6.92 Å². The summed E-state index contributed by atoms with van der Waals surface area (Å²) in [6.45, 7) is 13.8. The van der Waals surface area contributed by atoms with Crippen LogP contribution >= 0.6 is 35.3 Å². The van der Waals surface area contributed by atoms with Gasteiger partial charge in [0.05, 0.1) is 17.2 Å². The first-order valence-electron chi connectivity index (χ1n) is 9.25. The summed E-state index contributed by atoms with van der Waals surface area (Å²) in [5.41, 5.74) is 1.16. The molecule has 5 nitrogen and oxygen atoms in total. The van der Waals surface area contributed by atoms with Gasteiger partial charge >= 0.3 is 0 Å². The van der Waals surface area contributed by atoms with Crippen LogP contribution in [-0.2, 0) is 6.42 Å². The van der Waals surface area contributed by atoms with Gasteiger partial charge in [-0.05, 0) is 52.6 Å². The maximum absolute atomic E-state index is 4.78. The van der Waals surface area contributed by atoms with Crippen LogP contribution in [0.4, 0.5) is 0 Å². The van der Waals surface area contributed by atoms with Gasteiger partial charge in [0.15, 0.2) is 5.96 Å². The van der Waals surface area contributed by atoms with Gasteiger partial charge in [0.2, 0.25) is 0 Å². The van der Waals surface area contributed by atoms with E-state index in [2.05, 4.69) is 53.6 Å². The number of hydrogen-bond acceptors (Lipinski definition) is 4. The molecule has 0 bridgehead atoms. The van der Waals surface area contributed by atoms with Crippen molar-refractivity contribution < 1.29 is 0 Å². The minimum atomic E-state index is 0. The number of nitrogens with zero attached hydrogens (tertiary/aromatic N) is 3. The highest BCUT2D eigenvalue weighted by molar-refractivity contribution is 14.0. The first-order chi connectivity index (χ1) is 11.6. The lowest BCUT2D eigenvalue weighted by atomic mass is 9.98. The molecule has 0 saturated carbocycles. The molecule has 1 aromatic heterocycles. The van der Waals surface area contributed by atoms with Crippen molar-refractivity contribution in [1.82, 2.24) is 20.5 Å². The molecule has 1 aliphatic heterocycles. The standard InChI is InChI=1S/C18H33N5S.HI/c1-5-19-18(20-9-6-17-13-24-16(4)22-17)21-12-15(3)23-10-7-14(2)8-11-23;/h13-15H,5-12H2,1-4H3,(H2,19,20,21);1H. The molecule has 25 heavy (non-hydrogen) atoms. The molecule has 0 radical (unpaired) electrons. The maximum atomic E-state index is 4.78. The second-order valence-electron chi connectivity index (χ2n) is 6.82.